The second-order valence-corrected chi connectivity index (χ2v) is 21.8. The smallest absolute Gasteiger partial charge is 0.220 e. The van der Waals surface area contributed by atoms with Gasteiger partial charge in [-0.1, -0.05) is 216 Å². The van der Waals surface area contributed by atoms with Crippen LogP contribution in [0.4, 0.5) is 0 Å². The van der Waals surface area contributed by atoms with Crippen LogP contribution in [0.2, 0.25) is 0 Å². The van der Waals surface area contributed by atoms with Gasteiger partial charge in [-0.2, -0.15) is 0 Å². The number of nitrogens with one attached hydrogen (secondary N) is 1. The van der Waals surface area contributed by atoms with Crippen molar-refractivity contribution in [3.63, 3.8) is 0 Å². The number of carbonyl (C=O) groups excluding carboxylic acids is 1. The summed E-state index contributed by atoms with van der Waals surface area (Å²) in [5, 5.41) is 87.1. The van der Waals surface area contributed by atoms with Crippen molar-refractivity contribution in [1.82, 2.24) is 5.32 Å². The van der Waals surface area contributed by atoms with E-state index in [9.17, 15) is 45.6 Å². The topological polar surface area (TPSA) is 228 Å². The number of rotatable bonds is 49. The summed E-state index contributed by atoms with van der Waals surface area (Å²) in [6.45, 7) is 2.77. The van der Waals surface area contributed by atoms with Gasteiger partial charge in [-0.15, -0.1) is 0 Å². The van der Waals surface area contributed by atoms with Crippen LogP contribution in [-0.2, 0) is 23.7 Å². The van der Waals surface area contributed by atoms with Gasteiger partial charge in [0.1, 0.15) is 48.8 Å². The van der Waals surface area contributed by atoms with Crippen molar-refractivity contribution in [2.45, 2.75) is 312 Å². The fourth-order valence-electron chi connectivity index (χ4n) is 9.88. The third-order valence-corrected chi connectivity index (χ3v) is 14.9. The van der Waals surface area contributed by atoms with Gasteiger partial charge < -0.3 is 65.1 Å². The predicted octanol–water partition coefficient (Wildman–Crippen LogP) is 10.9. The predicted molar refractivity (Wildman–Crippen MR) is 309 cm³/mol. The first-order chi connectivity index (χ1) is 37.6. The standard InChI is InChI=1S/C63H113NO13/c1-3-5-7-9-11-13-15-17-19-21-23-25-26-27-29-31-33-35-37-39-41-43-45-47-55(68)64-51(52(67)46-44-42-40-38-36-34-32-30-28-24-22-20-18-16-14-12-10-8-6-4-2)50-74-62-60(73)58(71)61(54(49-66)76-62)77-63-59(72)57(70)56(69)53(48-65)75-63/h15,17,21,23,28,30,36,38,44,46,51-54,56-63,65-67,69-73H,3-14,16,18-20,22,24-27,29,31-35,37,39-43,45,47-50H2,1-2H3,(H,64,68)/b17-15-,23-21-,30-28+,38-36+,46-44+. The molecule has 0 aliphatic carbocycles. The molecule has 14 nitrogen and oxygen atoms in total. The summed E-state index contributed by atoms with van der Waals surface area (Å²) in [6, 6.07) is -0.941. The van der Waals surface area contributed by atoms with E-state index in [1.807, 2.05) is 6.08 Å². The Morgan fingerprint density at radius 3 is 1.35 bits per heavy atom. The monoisotopic (exact) mass is 1090 g/mol. The van der Waals surface area contributed by atoms with Crippen LogP contribution in [-0.4, -0.2) is 140 Å². The Morgan fingerprint density at radius 2 is 0.870 bits per heavy atom. The van der Waals surface area contributed by atoms with Gasteiger partial charge in [-0.05, 0) is 77.0 Å². The highest BCUT2D eigenvalue weighted by Crippen LogP contribution is 2.30. The van der Waals surface area contributed by atoms with E-state index < -0.39 is 86.8 Å². The third-order valence-electron chi connectivity index (χ3n) is 14.9. The van der Waals surface area contributed by atoms with Gasteiger partial charge in [0.25, 0.3) is 0 Å². The van der Waals surface area contributed by atoms with Gasteiger partial charge in [0.15, 0.2) is 12.6 Å². The average molecular weight is 1090 g/mol. The second-order valence-electron chi connectivity index (χ2n) is 21.8. The number of aliphatic hydroxyl groups excluding tert-OH is 8. The Bertz CT molecular complexity index is 1520. The van der Waals surface area contributed by atoms with Crippen molar-refractivity contribution < 1.29 is 64.6 Å². The summed E-state index contributed by atoms with van der Waals surface area (Å²) in [5.41, 5.74) is 0. The molecule has 14 heteroatoms. The number of unbranched alkanes of at least 4 members (excludes halogenated alkanes) is 28. The van der Waals surface area contributed by atoms with Gasteiger partial charge in [-0.3, -0.25) is 4.79 Å². The molecule has 1 amide bonds. The zero-order valence-corrected chi connectivity index (χ0v) is 48.2. The van der Waals surface area contributed by atoms with Crippen LogP contribution in [0.5, 0.6) is 0 Å². The molecule has 0 aromatic carbocycles. The number of hydrogen-bond donors (Lipinski definition) is 9. The normalized spacial score (nSPS) is 25.1. The Kier molecular flexibility index (Phi) is 44.5. The van der Waals surface area contributed by atoms with Crippen LogP contribution < -0.4 is 5.32 Å². The minimum absolute atomic E-state index is 0.256. The molecule has 2 aliphatic rings. The number of aliphatic hydroxyl groups is 8. The Hall–Kier alpha value is -2.31. The van der Waals surface area contributed by atoms with Gasteiger partial charge in [0.05, 0.1) is 32.0 Å². The average Bonchev–Trinajstić information content (AvgIpc) is 3.44. The van der Waals surface area contributed by atoms with Crippen LogP contribution in [0.25, 0.3) is 0 Å². The first-order valence-corrected chi connectivity index (χ1v) is 31.0. The van der Waals surface area contributed by atoms with Crippen LogP contribution in [0.3, 0.4) is 0 Å². The molecule has 0 radical (unpaired) electrons. The molecule has 2 rings (SSSR count). The molecule has 0 bridgehead atoms. The van der Waals surface area contributed by atoms with Gasteiger partial charge in [0.2, 0.25) is 5.91 Å². The lowest BCUT2D eigenvalue weighted by molar-refractivity contribution is -0.359. The van der Waals surface area contributed by atoms with E-state index in [0.717, 1.165) is 51.4 Å². The number of carbonyl (C=O) groups is 1. The second kappa shape index (κ2) is 48.4. The minimum atomic E-state index is -1.79. The molecule has 448 valence electrons. The zero-order valence-electron chi connectivity index (χ0n) is 48.2. The maximum absolute atomic E-state index is 13.3. The lowest BCUT2D eigenvalue weighted by atomic mass is 9.97. The van der Waals surface area contributed by atoms with Crippen LogP contribution >= 0.6 is 0 Å². The van der Waals surface area contributed by atoms with Gasteiger partial charge >= 0.3 is 0 Å². The molecular weight excluding hydrogens is 979 g/mol. The summed E-state index contributed by atoms with van der Waals surface area (Å²) in [6.07, 6.45) is 45.4. The van der Waals surface area contributed by atoms with Gasteiger partial charge in [-0.25, -0.2) is 0 Å². The minimum Gasteiger partial charge on any atom is -0.394 e. The van der Waals surface area contributed by atoms with Crippen LogP contribution in [0.15, 0.2) is 60.8 Å². The van der Waals surface area contributed by atoms with Crippen molar-refractivity contribution >= 4 is 5.91 Å². The molecule has 77 heavy (non-hydrogen) atoms. The molecule has 12 atom stereocenters. The van der Waals surface area contributed by atoms with E-state index in [1.54, 1.807) is 6.08 Å². The molecule has 2 saturated heterocycles. The SMILES string of the molecule is CCCCCCC/C=C\C/C=C\CCCCCCCCCCCCCC(=O)NC(COC1OC(CO)C(OC2OC(CO)C(O)C(O)C2O)C(O)C1O)C(O)/C=C/CC/C=C/CC/C=C/CCCCCCCCCCCC. The molecule has 0 spiro atoms. The number of ether oxygens (including phenoxy) is 4. The fourth-order valence-corrected chi connectivity index (χ4v) is 9.88. The summed E-state index contributed by atoms with van der Waals surface area (Å²) in [5.74, 6) is -0.256. The van der Waals surface area contributed by atoms with E-state index in [4.69, 9.17) is 18.9 Å². The highest BCUT2D eigenvalue weighted by molar-refractivity contribution is 5.76. The van der Waals surface area contributed by atoms with Crippen molar-refractivity contribution in [2.75, 3.05) is 19.8 Å². The Morgan fingerprint density at radius 1 is 0.468 bits per heavy atom. The number of allylic oxidation sites excluding steroid dienone is 9. The third kappa shape index (κ3) is 33.9. The quantitative estimate of drug-likeness (QED) is 0.0204. The molecule has 0 aromatic rings. The fraction of sp³-hybridized carbons (Fsp3) is 0.825. The highest BCUT2D eigenvalue weighted by Gasteiger charge is 2.51. The van der Waals surface area contributed by atoms with E-state index in [2.05, 4.69) is 67.8 Å². The van der Waals surface area contributed by atoms with Gasteiger partial charge in [0, 0.05) is 6.42 Å². The first-order valence-electron chi connectivity index (χ1n) is 31.0. The van der Waals surface area contributed by atoms with E-state index >= 15 is 0 Å². The number of amides is 1. The molecule has 2 aliphatic heterocycles. The maximum Gasteiger partial charge on any atom is 0.220 e. The van der Waals surface area contributed by atoms with Crippen LogP contribution in [0, 0.1) is 0 Å². The lowest BCUT2D eigenvalue weighted by Crippen LogP contribution is -2.65. The summed E-state index contributed by atoms with van der Waals surface area (Å²) < 4.78 is 22.8. The molecule has 9 N–H and O–H groups in total. The summed E-state index contributed by atoms with van der Waals surface area (Å²) >= 11 is 0. The zero-order chi connectivity index (χ0) is 56.0. The molecule has 12 unspecified atom stereocenters. The molecule has 0 saturated carbocycles. The summed E-state index contributed by atoms with van der Waals surface area (Å²) in [4.78, 5) is 13.3. The molecule has 2 heterocycles. The van der Waals surface area contributed by atoms with E-state index in [0.29, 0.717) is 12.8 Å². The lowest BCUT2D eigenvalue weighted by Gasteiger charge is -2.46. The largest absolute Gasteiger partial charge is 0.394 e. The molecule has 2 fully saturated rings. The van der Waals surface area contributed by atoms with Crippen molar-refractivity contribution in [3.05, 3.63) is 60.8 Å². The van der Waals surface area contributed by atoms with Crippen molar-refractivity contribution in [1.29, 1.82) is 0 Å². The van der Waals surface area contributed by atoms with E-state index in [-0.39, 0.29) is 18.9 Å². The summed E-state index contributed by atoms with van der Waals surface area (Å²) in [7, 11) is 0. The van der Waals surface area contributed by atoms with E-state index in [1.165, 1.54) is 154 Å². The number of hydrogen-bond acceptors (Lipinski definition) is 13. The van der Waals surface area contributed by atoms with Crippen molar-refractivity contribution in [2.24, 2.45) is 0 Å². The first kappa shape index (κ1) is 70.8. The Labute approximate surface area is 466 Å². The Balaban J connectivity index is 1.77. The highest BCUT2D eigenvalue weighted by atomic mass is 16.7. The van der Waals surface area contributed by atoms with Crippen molar-refractivity contribution in [3.8, 4) is 0 Å². The molecule has 0 aromatic heterocycles. The maximum atomic E-state index is 13.3. The molecular formula is C63H113NO13. The van der Waals surface area contributed by atoms with Crippen LogP contribution in [0.1, 0.15) is 239 Å².